The number of carboxylic acid groups (broad SMARTS) is 1. The van der Waals surface area contributed by atoms with Gasteiger partial charge in [-0.3, -0.25) is 0 Å². The third kappa shape index (κ3) is 2.25. The molecule has 0 saturated carbocycles. The monoisotopic (exact) mass is 242 g/mol. The molecule has 0 aliphatic carbocycles. The summed E-state index contributed by atoms with van der Waals surface area (Å²) in [5.41, 5.74) is 6.37. The molecule has 1 rings (SSSR count). The summed E-state index contributed by atoms with van der Waals surface area (Å²) < 4.78 is 0. The van der Waals surface area contributed by atoms with Crippen molar-refractivity contribution in [3.05, 3.63) is 15.6 Å². The van der Waals surface area contributed by atoms with Crippen molar-refractivity contribution in [2.24, 2.45) is 5.73 Å². The first-order valence-corrected chi connectivity index (χ1v) is 6.32. The Morgan fingerprint density at radius 3 is 2.31 bits per heavy atom. The van der Waals surface area contributed by atoms with E-state index in [1.54, 1.807) is 0 Å². The molecular formula is C11H18N2O2S. The van der Waals surface area contributed by atoms with Gasteiger partial charge in [0, 0.05) is 0 Å². The molecule has 0 bridgehead atoms. The van der Waals surface area contributed by atoms with Gasteiger partial charge in [-0.1, -0.05) is 20.8 Å². The van der Waals surface area contributed by atoms with Crippen LogP contribution in [0, 0.1) is 0 Å². The maximum Gasteiger partial charge on any atom is 0.347 e. The van der Waals surface area contributed by atoms with Crippen molar-refractivity contribution in [3.63, 3.8) is 0 Å². The predicted octanol–water partition coefficient (Wildman–Crippen LogP) is 2.38. The molecule has 3 N–H and O–H groups in total. The summed E-state index contributed by atoms with van der Waals surface area (Å²) in [5.74, 6) is -0.907. The molecule has 0 aromatic carbocycles. The molecule has 1 heterocycles. The van der Waals surface area contributed by atoms with Gasteiger partial charge in [0.1, 0.15) is 9.88 Å². The molecule has 0 atom stereocenters. The van der Waals surface area contributed by atoms with Crippen molar-refractivity contribution < 1.29 is 9.90 Å². The zero-order valence-electron chi connectivity index (χ0n) is 9.91. The average Bonchev–Trinajstić information content (AvgIpc) is 2.72. The van der Waals surface area contributed by atoms with Crippen LogP contribution in [0.1, 0.15) is 54.0 Å². The first kappa shape index (κ1) is 13.1. The van der Waals surface area contributed by atoms with E-state index in [1.807, 2.05) is 20.8 Å². The molecule has 4 nitrogen and oxygen atoms in total. The van der Waals surface area contributed by atoms with Crippen LogP contribution in [-0.2, 0) is 12.0 Å². The number of carbonyl (C=O) groups is 1. The number of nitrogens with zero attached hydrogens (tertiary/aromatic N) is 1. The lowest BCUT2D eigenvalue weighted by molar-refractivity contribution is 0.0701. The smallest absolute Gasteiger partial charge is 0.347 e. The van der Waals surface area contributed by atoms with Crippen LogP contribution in [0.2, 0.25) is 0 Å². The van der Waals surface area contributed by atoms with Crippen LogP contribution < -0.4 is 5.73 Å². The van der Waals surface area contributed by atoms with Gasteiger partial charge in [0.25, 0.3) is 0 Å². The zero-order valence-corrected chi connectivity index (χ0v) is 10.7. The normalized spacial score (nSPS) is 11.8. The van der Waals surface area contributed by atoms with Crippen molar-refractivity contribution in [3.8, 4) is 0 Å². The molecule has 0 unspecified atom stereocenters. The van der Waals surface area contributed by atoms with Crippen molar-refractivity contribution in [1.82, 2.24) is 4.98 Å². The van der Waals surface area contributed by atoms with E-state index >= 15 is 0 Å². The van der Waals surface area contributed by atoms with Crippen molar-refractivity contribution in [2.45, 2.75) is 45.6 Å². The number of carboxylic acids is 1. The number of aryl methyl sites for hydroxylation is 1. The fraction of sp³-hybridized carbons (Fsp3) is 0.636. The molecule has 0 aliphatic rings. The van der Waals surface area contributed by atoms with E-state index < -0.39 is 11.5 Å². The minimum Gasteiger partial charge on any atom is -0.477 e. The predicted molar refractivity (Wildman–Crippen MR) is 64.9 cm³/mol. The average molecular weight is 242 g/mol. The van der Waals surface area contributed by atoms with Gasteiger partial charge < -0.3 is 10.8 Å². The Bertz CT molecular complexity index is 383. The molecule has 16 heavy (non-hydrogen) atoms. The number of hydrogen-bond acceptors (Lipinski definition) is 4. The van der Waals surface area contributed by atoms with Crippen LogP contribution in [0.25, 0.3) is 0 Å². The molecule has 1 aromatic rings. The van der Waals surface area contributed by atoms with E-state index in [0.29, 0.717) is 17.0 Å². The molecule has 0 fully saturated rings. The highest BCUT2D eigenvalue weighted by atomic mass is 32.1. The quantitative estimate of drug-likeness (QED) is 0.831. The second-order valence-corrected chi connectivity index (χ2v) is 4.82. The SMILES string of the molecule is CCc1nc(C(N)(CC)CC)sc1C(=O)O. The first-order chi connectivity index (χ1) is 7.48. The Hall–Kier alpha value is -0.940. The van der Waals surface area contributed by atoms with E-state index in [4.69, 9.17) is 10.8 Å². The summed E-state index contributed by atoms with van der Waals surface area (Å²) >= 11 is 1.21. The van der Waals surface area contributed by atoms with E-state index in [1.165, 1.54) is 11.3 Å². The number of nitrogens with two attached hydrogens (primary N) is 1. The number of thiazole rings is 1. The Morgan fingerprint density at radius 2 is 2.00 bits per heavy atom. The molecule has 90 valence electrons. The first-order valence-electron chi connectivity index (χ1n) is 5.50. The lowest BCUT2D eigenvalue weighted by atomic mass is 9.95. The van der Waals surface area contributed by atoms with Crippen LogP contribution in [-0.4, -0.2) is 16.1 Å². The highest BCUT2D eigenvalue weighted by Crippen LogP contribution is 2.31. The van der Waals surface area contributed by atoms with E-state index in [2.05, 4.69) is 4.98 Å². The number of rotatable bonds is 5. The molecule has 0 radical (unpaired) electrons. The molecule has 0 spiro atoms. The van der Waals surface area contributed by atoms with E-state index in [9.17, 15) is 4.79 Å². The van der Waals surface area contributed by atoms with Gasteiger partial charge in [0.2, 0.25) is 0 Å². The maximum atomic E-state index is 11.0. The van der Waals surface area contributed by atoms with Crippen LogP contribution in [0.4, 0.5) is 0 Å². The molecular weight excluding hydrogens is 224 g/mol. The van der Waals surface area contributed by atoms with Gasteiger partial charge in [-0.2, -0.15) is 0 Å². The standard InChI is InChI=1S/C11H18N2O2S/c1-4-7-8(9(14)15)16-10(13-7)11(12,5-2)6-3/h4-6,12H2,1-3H3,(H,14,15). The summed E-state index contributed by atoms with van der Waals surface area (Å²) in [4.78, 5) is 15.7. The van der Waals surface area contributed by atoms with Crippen molar-refractivity contribution >= 4 is 17.3 Å². The molecule has 0 saturated heterocycles. The second kappa shape index (κ2) is 4.93. The van der Waals surface area contributed by atoms with Gasteiger partial charge >= 0.3 is 5.97 Å². The lowest BCUT2D eigenvalue weighted by Crippen LogP contribution is -2.34. The Morgan fingerprint density at radius 1 is 1.44 bits per heavy atom. The van der Waals surface area contributed by atoms with Crippen LogP contribution in [0.3, 0.4) is 0 Å². The van der Waals surface area contributed by atoms with Gasteiger partial charge in [-0.25, -0.2) is 9.78 Å². The largest absolute Gasteiger partial charge is 0.477 e. The van der Waals surface area contributed by atoms with Crippen molar-refractivity contribution in [2.75, 3.05) is 0 Å². The number of aromatic nitrogens is 1. The fourth-order valence-corrected chi connectivity index (χ4v) is 2.76. The topological polar surface area (TPSA) is 76.2 Å². The van der Waals surface area contributed by atoms with Gasteiger partial charge in [0.15, 0.2) is 0 Å². The summed E-state index contributed by atoms with van der Waals surface area (Å²) in [6.07, 6.45) is 2.15. The lowest BCUT2D eigenvalue weighted by Gasteiger charge is -2.23. The van der Waals surface area contributed by atoms with Gasteiger partial charge in [0.05, 0.1) is 11.2 Å². The van der Waals surface area contributed by atoms with Gasteiger partial charge in [-0.15, -0.1) is 11.3 Å². The molecule has 5 heteroatoms. The summed E-state index contributed by atoms with van der Waals surface area (Å²) in [6, 6.07) is 0. The highest BCUT2D eigenvalue weighted by Gasteiger charge is 2.29. The maximum absolute atomic E-state index is 11.0. The Balaban J connectivity index is 3.21. The minimum absolute atomic E-state index is 0.328. The summed E-state index contributed by atoms with van der Waals surface area (Å²) in [5, 5.41) is 9.79. The second-order valence-electron chi connectivity index (χ2n) is 3.82. The molecule has 1 aromatic heterocycles. The highest BCUT2D eigenvalue weighted by molar-refractivity contribution is 7.13. The van der Waals surface area contributed by atoms with Crippen LogP contribution in [0.5, 0.6) is 0 Å². The zero-order chi connectivity index (χ0) is 12.3. The minimum atomic E-state index is -0.907. The molecule has 0 amide bonds. The molecule has 0 aliphatic heterocycles. The van der Waals surface area contributed by atoms with E-state index in [0.717, 1.165) is 17.8 Å². The third-order valence-corrected chi connectivity index (χ3v) is 4.22. The summed E-state index contributed by atoms with van der Waals surface area (Å²) in [6.45, 7) is 5.90. The van der Waals surface area contributed by atoms with Crippen molar-refractivity contribution in [1.29, 1.82) is 0 Å². The van der Waals surface area contributed by atoms with Crippen LogP contribution in [0.15, 0.2) is 0 Å². The summed E-state index contributed by atoms with van der Waals surface area (Å²) in [7, 11) is 0. The number of aromatic carboxylic acids is 1. The Labute approximate surface area is 99.5 Å². The third-order valence-electron chi connectivity index (χ3n) is 2.91. The Kier molecular flexibility index (Phi) is 4.04. The van der Waals surface area contributed by atoms with Gasteiger partial charge in [-0.05, 0) is 19.3 Å². The van der Waals surface area contributed by atoms with Crippen LogP contribution >= 0.6 is 11.3 Å². The van der Waals surface area contributed by atoms with E-state index in [-0.39, 0.29) is 0 Å². The number of hydrogen-bond donors (Lipinski definition) is 2. The fourth-order valence-electron chi connectivity index (χ4n) is 1.52.